The average molecular weight is 328 g/mol. The fourth-order valence-electron chi connectivity index (χ4n) is 3.26. The Morgan fingerprint density at radius 1 is 0.870 bits per heavy atom. The summed E-state index contributed by atoms with van der Waals surface area (Å²) in [5.41, 5.74) is 8.18. The second-order valence-corrected chi connectivity index (χ2v) is 7.58. The Morgan fingerprint density at radius 3 is 1.83 bits per heavy atom. The average Bonchev–Trinajstić information content (AvgIpc) is 2.47. The molecule has 124 valence electrons. The van der Waals surface area contributed by atoms with Crippen molar-refractivity contribution < 1.29 is 4.74 Å². The standard InChI is InChI=1S/C21H29OP/c1-12(2)16-10-14(5)11-17(13(3)4)20(16)19-15(6)8-9-18(22-7)21(19)23/h8-13H,23H2,1-7H3. The lowest BCUT2D eigenvalue weighted by Gasteiger charge is -2.24. The fourth-order valence-corrected chi connectivity index (χ4v) is 3.85. The molecule has 2 heteroatoms. The molecule has 0 fully saturated rings. The highest BCUT2D eigenvalue weighted by Crippen LogP contribution is 2.39. The molecule has 1 atom stereocenters. The molecule has 0 spiro atoms. The number of ether oxygens (including phenoxy) is 1. The van der Waals surface area contributed by atoms with Gasteiger partial charge in [0.15, 0.2) is 0 Å². The Kier molecular flexibility index (Phi) is 5.53. The second-order valence-electron chi connectivity index (χ2n) is 7.00. The molecule has 0 aliphatic rings. The van der Waals surface area contributed by atoms with Gasteiger partial charge < -0.3 is 4.74 Å². The topological polar surface area (TPSA) is 9.23 Å². The van der Waals surface area contributed by atoms with Crippen LogP contribution in [0.5, 0.6) is 5.75 Å². The lowest BCUT2D eigenvalue weighted by Crippen LogP contribution is -2.10. The first kappa shape index (κ1) is 18.0. The van der Waals surface area contributed by atoms with Crippen molar-refractivity contribution in [1.82, 2.24) is 0 Å². The summed E-state index contributed by atoms with van der Waals surface area (Å²) >= 11 is 0. The molecule has 1 nitrogen and oxygen atoms in total. The van der Waals surface area contributed by atoms with E-state index in [0.29, 0.717) is 11.8 Å². The van der Waals surface area contributed by atoms with Crippen LogP contribution in [0.1, 0.15) is 61.8 Å². The zero-order valence-electron chi connectivity index (χ0n) is 15.4. The Balaban J connectivity index is 2.92. The van der Waals surface area contributed by atoms with Gasteiger partial charge in [-0.25, -0.2) is 0 Å². The van der Waals surface area contributed by atoms with Crippen LogP contribution >= 0.6 is 9.24 Å². The summed E-state index contributed by atoms with van der Waals surface area (Å²) < 4.78 is 5.57. The predicted molar refractivity (Wildman–Crippen MR) is 105 cm³/mol. The third-order valence-corrected chi connectivity index (χ3v) is 5.04. The molecule has 1 unspecified atom stereocenters. The Labute approximate surface area is 143 Å². The zero-order valence-corrected chi connectivity index (χ0v) is 16.6. The predicted octanol–water partition coefficient (Wildman–Crippen LogP) is 5.73. The van der Waals surface area contributed by atoms with Crippen molar-refractivity contribution in [2.45, 2.75) is 53.4 Å². The van der Waals surface area contributed by atoms with Crippen LogP contribution in [0.15, 0.2) is 24.3 Å². The lowest BCUT2D eigenvalue weighted by molar-refractivity contribution is 0.418. The second kappa shape index (κ2) is 7.05. The van der Waals surface area contributed by atoms with Crippen LogP contribution in [0.2, 0.25) is 0 Å². The van der Waals surface area contributed by atoms with Gasteiger partial charge in [-0.1, -0.05) is 51.5 Å². The van der Waals surface area contributed by atoms with E-state index in [-0.39, 0.29) is 0 Å². The van der Waals surface area contributed by atoms with E-state index in [1.54, 1.807) is 7.11 Å². The summed E-state index contributed by atoms with van der Waals surface area (Å²) in [6.07, 6.45) is 0. The third-order valence-electron chi connectivity index (χ3n) is 4.47. The summed E-state index contributed by atoms with van der Waals surface area (Å²) in [5.74, 6) is 1.90. The number of rotatable bonds is 4. The molecule has 0 aliphatic heterocycles. The van der Waals surface area contributed by atoms with Crippen LogP contribution in [0.3, 0.4) is 0 Å². The summed E-state index contributed by atoms with van der Waals surface area (Å²) in [4.78, 5) is 0. The minimum Gasteiger partial charge on any atom is -0.496 e. The van der Waals surface area contributed by atoms with Crippen molar-refractivity contribution in [2.75, 3.05) is 7.11 Å². The van der Waals surface area contributed by atoms with Gasteiger partial charge in [0.05, 0.1) is 7.11 Å². The Bertz CT molecular complexity index is 685. The molecule has 23 heavy (non-hydrogen) atoms. The largest absolute Gasteiger partial charge is 0.496 e. The van der Waals surface area contributed by atoms with Gasteiger partial charge in [0.25, 0.3) is 0 Å². The van der Waals surface area contributed by atoms with Gasteiger partial charge in [-0.05, 0) is 59.6 Å². The maximum absolute atomic E-state index is 5.57. The number of hydrogen-bond donors (Lipinski definition) is 0. The van der Waals surface area contributed by atoms with Crippen molar-refractivity contribution in [1.29, 1.82) is 0 Å². The van der Waals surface area contributed by atoms with Gasteiger partial charge >= 0.3 is 0 Å². The van der Waals surface area contributed by atoms with Gasteiger partial charge in [0, 0.05) is 5.30 Å². The van der Waals surface area contributed by atoms with Gasteiger partial charge in [0.1, 0.15) is 5.75 Å². The first-order valence-electron chi connectivity index (χ1n) is 8.35. The molecule has 0 aromatic heterocycles. The number of aryl methyl sites for hydroxylation is 2. The maximum Gasteiger partial charge on any atom is 0.126 e. The van der Waals surface area contributed by atoms with E-state index in [0.717, 1.165) is 11.1 Å². The molecule has 2 rings (SSSR count). The SMILES string of the molecule is COc1ccc(C)c(-c2c(C(C)C)cc(C)cc2C(C)C)c1P. The van der Waals surface area contributed by atoms with Crippen LogP contribution in [0, 0.1) is 13.8 Å². The van der Waals surface area contributed by atoms with E-state index < -0.39 is 0 Å². The van der Waals surface area contributed by atoms with E-state index in [9.17, 15) is 0 Å². The molecule has 0 amide bonds. The van der Waals surface area contributed by atoms with Crippen LogP contribution in [0.4, 0.5) is 0 Å². The maximum atomic E-state index is 5.57. The van der Waals surface area contributed by atoms with E-state index >= 15 is 0 Å². The Morgan fingerprint density at radius 2 is 1.39 bits per heavy atom. The minimum absolute atomic E-state index is 0.484. The van der Waals surface area contributed by atoms with Gasteiger partial charge in [-0.3, -0.25) is 0 Å². The Hall–Kier alpha value is -1.33. The van der Waals surface area contributed by atoms with Crippen LogP contribution < -0.4 is 10.0 Å². The van der Waals surface area contributed by atoms with Crippen molar-refractivity contribution in [3.05, 3.63) is 46.5 Å². The fraction of sp³-hybridized carbons (Fsp3) is 0.429. The molecular weight excluding hydrogens is 299 g/mol. The summed E-state index contributed by atoms with van der Waals surface area (Å²) in [5, 5.41) is 1.15. The lowest BCUT2D eigenvalue weighted by atomic mass is 9.82. The number of methoxy groups -OCH3 is 1. The first-order chi connectivity index (χ1) is 10.8. The highest BCUT2D eigenvalue weighted by molar-refractivity contribution is 7.28. The van der Waals surface area contributed by atoms with E-state index in [4.69, 9.17) is 4.74 Å². The molecule has 2 aromatic rings. The molecule has 0 bridgehead atoms. The highest BCUT2D eigenvalue weighted by atomic mass is 31.0. The number of hydrogen-bond acceptors (Lipinski definition) is 1. The van der Waals surface area contributed by atoms with E-state index in [1.165, 1.54) is 33.4 Å². The van der Waals surface area contributed by atoms with E-state index in [2.05, 4.69) is 75.0 Å². The van der Waals surface area contributed by atoms with Gasteiger partial charge in [0.2, 0.25) is 0 Å². The van der Waals surface area contributed by atoms with Crippen LogP contribution in [0.25, 0.3) is 11.1 Å². The van der Waals surface area contributed by atoms with Crippen molar-refractivity contribution in [3.8, 4) is 16.9 Å². The summed E-state index contributed by atoms with van der Waals surface area (Å²) in [7, 11) is 4.63. The molecule has 0 saturated carbocycles. The molecule has 0 N–H and O–H groups in total. The van der Waals surface area contributed by atoms with Crippen LogP contribution in [-0.4, -0.2) is 7.11 Å². The molecular formula is C21H29OP. The quantitative estimate of drug-likeness (QED) is 0.652. The zero-order chi connectivity index (χ0) is 17.3. The molecule has 0 saturated heterocycles. The van der Waals surface area contributed by atoms with Crippen molar-refractivity contribution in [3.63, 3.8) is 0 Å². The smallest absolute Gasteiger partial charge is 0.126 e. The third kappa shape index (κ3) is 3.45. The number of benzene rings is 2. The van der Waals surface area contributed by atoms with Gasteiger partial charge in [-0.15, -0.1) is 9.24 Å². The molecule has 2 aromatic carbocycles. The van der Waals surface area contributed by atoms with Crippen LogP contribution in [-0.2, 0) is 0 Å². The molecule has 0 radical (unpaired) electrons. The molecule has 0 heterocycles. The van der Waals surface area contributed by atoms with Crippen molar-refractivity contribution >= 4 is 14.5 Å². The first-order valence-corrected chi connectivity index (χ1v) is 8.93. The normalized spacial score (nSPS) is 11.4. The van der Waals surface area contributed by atoms with E-state index in [1.807, 2.05) is 0 Å². The molecule has 0 aliphatic carbocycles. The summed E-state index contributed by atoms with van der Waals surface area (Å²) in [6, 6.07) is 8.90. The highest BCUT2D eigenvalue weighted by Gasteiger charge is 2.20. The minimum atomic E-state index is 0.484. The monoisotopic (exact) mass is 328 g/mol. The summed E-state index contributed by atoms with van der Waals surface area (Å²) in [6.45, 7) is 13.5. The van der Waals surface area contributed by atoms with Crippen molar-refractivity contribution in [2.24, 2.45) is 0 Å². The van der Waals surface area contributed by atoms with Gasteiger partial charge in [-0.2, -0.15) is 0 Å².